The highest BCUT2D eigenvalue weighted by atomic mass is 32.2. The summed E-state index contributed by atoms with van der Waals surface area (Å²) in [5.41, 5.74) is -0.947. The number of sulfonamides is 1. The van der Waals surface area contributed by atoms with E-state index < -0.39 is 21.5 Å². The maximum Gasteiger partial charge on any atom is 0.246 e. The van der Waals surface area contributed by atoms with E-state index in [-0.39, 0.29) is 12.5 Å². The maximum absolute atomic E-state index is 12.3. The van der Waals surface area contributed by atoms with Gasteiger partial charge in [-0.1, -0.05) is 25.3 Å². The lowest BCUT2D eigenvalue weighted by Gasteiger charge is -2.36. The molecule has 3 N–H and O–H groups in total. The predicted octanol–water partition coefficient (Wildman–Crippen LogP) is -0.343. The normalized spacial score (nSPS) is 17.8. The maximum atomic E-state index is 12.3. The molecule has 1 aliphatic carbocycles. The second-order valence-corrected chi connectivity index (χ2v) is 7.12. The van der Waals surface area contributed by atoms with Crippen molar-refractivity contribution >= 4 is 21.8 Å². The summed E-state index contributed by atoms with van der Waals surface area (Å²) >= 11 is 0. The number of nitrogens with one attached hydrogen (secondary N) is 3. The average Bonchev–Trinajstić information content (AvgIpc) is 2.43. The Bertz CT molecular complexity index is 496. The lowest BCUT2D eigenvalue weighted by Crippen LogP contribution is -2.61. The fourth-order valence-corrected chi connectivity index (χ4v) is 2.80. The van der Waals surface area contributed by atoms with E-state index in [0.717, 1.165) is 25.5 Å². The van der Waals surface area contributed by atoms with Crippen LogP contribution in [0.25, 0.3) is 0 Å². The molecule has 0 saturated heterocycles. The third kappa shape index (κ3) is 5.84. The molecule has 0 bridgehead atoms. The van der Waals surface area contributed by atoms with E-state index in [0.29, 0.717) is 19.4 Å². The van der Waals surface area contributed by atoms with E-state index in [4.69, 9.17) is 0 Å². The van der Waals surface area contributed by atoms with Crippen LogP contribution in [0.1, 0.15) is 32.1 Å². The highest BCUT2D eigenvalue weighted by Gasteiger charge is 2.40. The lowest BCUT2D eigenvalue weighted by molar-refractivity contribution is -0.134. The van der Waals surface area contributed by atoms with E-state index in [1.54, 1.807) is 6.08 Å². The van der Waals surface area contributed by atoms with Crippen LogP contribution in [-0.2, 0) is 19.6 Å². The molecule has 120 valence electrons. The molecule has 0 aromatic carbocycles. The summed E-state index contributed by atoms with van der Waals surface area (Å²) in [6.45, 7) is 3.50. The summed E-state index contributed by atoms with van der Waals surface area (Å²) < 4.78 is 24.1. The molecule has 0 aromatic heterocycles. The van der Waals surface area contributed by atoms with E-state index in [2.05, 4.69) is 21.9 Å². The Labute approximate surface area is 125 Å². The van der Waals surface area contributed by atoms with Crippen molar-refractivity contribution in [2.75, 3.05) is 19.3 Å². The molecule has 0 aliphatic heterocycles. The quantitative estimate of drug-likeness (QED) is 0.559. The van der Waals surface area contributed by atoms with Crippen LogP contribution in [0.5, 0.6) is 0 Å². The largest absolute Gasteiger partial charge is 0.351 e. The van der Waals surface area contributed by atoms with Crippen LogP contribution in [0.4, 0.5) is 0 Å². The Morgan fingerprint density at radius 3 is 2.38 bits per heavy atom. The van der Waals surface area contributed by atoms with Crippen molar-refractivity contribution in [3.63, 3.8) is 0 Å². The highest BCUT2D eigenvalue weighted by Crippen LogP contribution is 2.28. The topological polar surface area (TPSA) is 104 Å². The molecule has 0 aromatic rings. The van der Waals surface area contributed by atoms with Crippen molar-refractivity contribution in [3.05, 3.63) is 12.7 Å². The van der Waals surface area contributed by atoms with Crippen LogP contribution in [-0.4, -0.2) is 45.1 Å². The molecular formula is C13H23N3O4S. The molecule has 7 nitrogen and oxygen atoms in total. The van der Waals surface area contributed by atoms with Gasteiger partial charge in [-0.15, -0.1) is 6.58 Å². The van der Waals surface area contributed by atoms with Crippen molar-refractivity contribution in [3.8, 4) is 0 Å². The summed E-state index contributed by atoms with van der Waals surface area (Å²) in [6.07, 6.45) is 6.38. The first-order valence-corrected chi connectivity index (χ1v) is 8.83. The summed E-state index contributed by atoms with van der Waals surface area (Å²) in [6, 6.07) is 0. The van der Waals surface area contributed by atoms with Gasteiger partial charge in [0, 0.05) is 6.54 Å². The molecule has 2 amide bonds. The van der Waals surface area contributed by atoms with Gasteiger partial charge >= 0.3 is 0 Å². The van der Waals surface area contributed by atoms with Crippen LogP contribution in [0.2, 0.25) is 0 Å². The van der Waals surface area contributed by atoms with Crippen molar-refractivity contribution in [1.29, 1.82) is 0 Å². The Hall–Kier alpha value is -1.41. The first kappa shape index (κ1) is 17.6. The van der Waals surface area contributed by atoms with Crippen LogP contribution in [0.3, 0.4) is 0 Å². The molecule has 21 heavy (non-hydrogen) atoms. The van der Waals surface area contributed by atoms with Gasteiger partial charge in [-0.2, -0.15) is 0 Å². The van der Waals surface area contributed by atoms with E-state index >= 15 is 0 Å². The van der Waals surface area contributed by atoms with Gasteiger partial charge in [0.15, 0.2) is 0 Å². The van der Waals surface area contributed by atoms with Gasteiger partial charge in [-0.05, 0) is 12.8 Å². The van der Waals surface area contributed by atoms with Gasteiger partial charge in [-0.25, -0.2) is 13.1 Å². The zero-order chi connectivity index (χ0) is 15.9. The second kappa shape index (κ2) is 7.56. The third-order valence-corrected chi connectivity index (χ3v) is 4.09. The van der Waals surface area contributed by atoms with E-state index in [1.165, 1.54) is 0 Å². The Balaban J connectivity index is 2.71. The molecule has 0 radical (unpaired) electrons. The Morgan fingerprint density at radius 1 is 1.24 bits per heavy atom. The van der Waals surface area contributed by atoms with E-state index in [9.17, 15) is 18.0 Å². The number of amides is 2. The number of hydrogen-bond acceptors (Lipinski definition) is 4. The molecule has 0 spiro atoms. The molecule has 1 aliphatic rings. The summed E-state index contributed by atoms with van der Waals surface area (Å²) in [4.78, 5) is 24.2. The third-order valence-electron chi connectivity index (χ3n) is 3.42. The summed E-state index contributed by atoms with van der Waals surface area (Å²) in [5, 5.41) is 5.41. The van der Waals surface area contributed by atoms with Crippen molar-refractivity contribution in [2.24, 2.45) is 0 Å². The van der Waals surface area contributed by atoms with Gasteiger partial charge in [0.1, 0.15) is 5.54 Å². The molecule has 0 atom stereocenters. The van der Waals surface area contributed by atoms with Crippen LogP contribution in [0, 0.1) is 0 Å². The monoisotopic (exact) mass is 317 g/mol. The van der Waals surface area contributed by atoms with Gasteiger partial charge in [0.25, 0.3) is 0 Å². The molecule has 8 heteroatoms. The number of carbonyl (C=O) groups excluding carboxylic acids is 2. The smallest absolute Gasteiger partial charge is 0.246 e. The molecule has 0 unspecified atom stereocenters. The number of hydrogen-bond donors (Lipinski definition) is 3. The fourth-order valence-electron chi connectivity index (χ4n) is 2.41. The summed E-state index contributed by atoms with van der Waals surface area (Å²) in [5.74, 6) is -0.745. The number of rotatable bonds is 7. The zero-order valence-corrected chi connectivity index (χ0v) is 13.1. The van der Waals surface area contributed by atoms with Gasteiger partial charge < -0.3 is 10.6 Å². The standard InChI is InChI=1S/C13H23N3O4S/c1-3-9-14-12(18)13(7-5-4-6-8-13)16-11(17)10-15-21(2,19)20/h3,15H,1,4-10H2,2H3,(H,14,18)(H,16,17). The predicted molar refractivity (Wildman–Crippen MR) is 80.0 cm³/mol. The number of carbonyl (C=O) groups is 2. The van der Waals surface area contributed by atoms with Crippen LogP contribution >= 0.6 is 0 Å². The molecular weight excluding hydrogens is 294 g/mol. The molecule has 0 heterocycles. The lowest BCUT2D eigenvalue weighted by atomic mass is 9.80. The minimum atomic E-state index is -3.44. The molecule has 1 fully saturated rings. The first-order chi connectivity index (χ1) is 9.79. The van der Waals surface area contributed by atoms with E-state index in [1.807, 2.05) is 0 Å². The minimum Gasteiger partial charge on any atom is -0.351 e. The second-order valence-electron chi connectivity index (χ2n) is 5.28. The molecule has 1 rings (SSSR count). The zero-order valence-electron chi connectivity index (χ0n) is 12.3. The van der Waals surface area contributed by atoms with Gasteiger partial charge in [0.2, 0.25) is 21.8 Å². The molecule has 1 saturated carbocycles. The van der Waals surface area contributed by atoms with Crippen molar-refractivity contribution in [1.82, 2.24) is 15.4 Å². The Morgan fingerprint density at radius 2 is 1.86 bits per heavy atom. The van der Waals surface area contributed by atoms with Crippen molar-refractivity contribution < 1.29 is 18.0 Å². The minimum absolute atomic E-state index is 0.241. The van der Waals surface area contributed by atoms with Gasteiger partial charge in [0.05, 0.1) is 12.8 Å². The fraction of sp³-hybridized carbons (Fsp3) is 0.692. The van der Waals surface area contributed by atoms with Crippen LogP contribution < -0.4 is 15.4 Å². The SMILES string of the molecule is C=CCNC(=O)C1(NC(=O)CNS(C)(=O)=O)CCCCC1. The van der Waals surface area contributed by atoms with Gasteiger partial charge in [-0.3, -0.25) is 9.59 Å². The Kier molecular flexibility index (Phi) is 6.35. The average molecular weight is 317 g/mol. The van der Waals surface area contributed by atoms with Crippen molar-refractivity contribution in [2.45, 2.75) is 37.6 Å². The highest BCUT2D eigenvalue weighted by molar-refractivity contribution is 7.88. The first-order valence-electron chi connectivity index (χ1n) is 6.94. The van der Waals surface area contributed by atoms with Crippen LogP contribution in [0.15, 0.2) is 12.7 Å². The summed E-state index contributed by atoms with van der Waals surface area (Å²) in [7, 11) is -3.44.